The second kappa shape index (κ2) is 8.28. The molecule has 4 aliphatic carbocycles. The van der Waals surface area contributed by atoms with E-state index in [2.05, 4.69) is 33.8 Å². The van der Waals surface area contributed by atoms with Gasteiger partial charge in [-0.05, 0) is 97.0 Å². The monoisotopic (exact) mass is 488 g/mol. The van der Waals surface area contributed by atoms with E-state index in [1.165, 1.54) is 26.2 Å². The van der Waals surface area contributed by atoms with Crippen molar-refractivity contribution >= 4 is 5.97 Å². The predicted octanol–water partition coefficient (Wildman–Crippen LogP) is 5.75. The molecule has 6 rings (SSSR count). The van der Waals surface area contributed by atoms with Crippen LogP contribution in [0.2, 0.25) is 0 Å². The SMILES string of the molecule is CC(=O)O[C@@H]1C=C2[C@H](OO)C[C@H]3[C@@H]4C[C@@H]5O[C@]6(CC[C@@H](C)CO6)[C@@H](C)[C@@H]5[C@@]4(C)CC[C@@H]3[C@@]2(C)CC1. The van der Waals surface area contributed by atoms with Gasteiger partial charge in [0.1, 0.15) is 12.2 Å². The molecule has 196 valence electrons. The fraction of sp³-hybridized carbons (Fsp3) is 0.897. The van der Waals surface area contributed by atoms with Crippen LogP contribution in [0.25, 0.3) is 0 Å². The molecule has 2 aliphatic heterocycles. The fourth-order valence-corrected chi connectivity index (χ4v) is 10.1. The van der Waals surface area contributed by atoms with E-state index in [1.54, 1.807) is 0 Å². The Labute approximate surface area is 210 Å². The second-order valence-corrected chi connectivity index (χ2v) is 13.5. The average molecular weight is 489 g/mol. The molecule has 6 nitrogen and oxygen atoms in total. The van der Waals surface area contributed by atoms with E-state index >= 15 is 0 Å². The lowest BCUT2D eigenvalue weighted by Gasteiger charge is -2.60. The molecule has 12 atom stereocenters. The van der Waals surface area contributed by atoms with Crippen LogP contribution in [-0.4, -0.2) is 41.9 Å². The van der Waals surface area contributed by atoms with Crippen LogP contribution in [0.5, 0.6) is 0 Å². The molecular formula is C29H44O6. The third-order valence-corrected chi connectivity index (χ3v) is 11.8. The number of esters is 1. The molecule has 3 saturated carbocycles. The summed E-state index contributed by atoms with van der Waals surface area (Å²) in [5, 5.41) is 10.0. The smallest absolute Gasteiger partial charge is 0.303 e. The van der Waals surface area contributed by atoms with Crippen LogP contribution in [0.3, 0.4) is 0 Å². The number of carbonyl (C=O) groups excluding carboxylic acids is 1. The third kappa shape index (κ3) is 3.45. The van der Waals surface area contributed by atoms with Gasteiger partial charge in [-0.15, -0.1) is 0 Å². The highest BCUT2D eigenvalue weighted by atomic mass is 17.1. The van der Waals surface area contributed by atoms with Gasteiger partial charge in [-0.1, -0.05) is 27.7 Å². The quantitative estimate of drug-likeness (QED) is 0.231. The van der Waals surface area contributed by atoms with Crippen LogP contribution in [0.15, 0.2) is 11.6 Å². The summed E-state index contributed by atoms with van der Waals surface area (Å²) in [5.41, 5.74) is 1.35. The second-order valence-electron chi connectivity index (χ2n) is 13.5. The maximum absolute atomic E-state index is 11.6. The summed E-state index contributed by atoms with van der Waals surface area (Å²) in [6.45, 7) is 11.8. The van der Waals surface area contributed by atoms with Gasteiger partial charge >= 0.3 is 5.97 Å². The van der Waals surface area contributed by atoms with Crippen LogP contribution in [0.1, 0.15) is 86.0 Å². The first-order chi connectivity index (χ1) is 16.6. The molecule has 0 bridgehead atoms. The predicted molar refractivity (Wildman–Crippen MR) is 130 cm³/mol. The fourth-order valence-electron chi connectivity index (χ4n) is 10.1. The van der Waals surface area contributed by atoms with Gasteiger partial charge < -0.3 is 14.2 Å². The van der Waals surface area contributed by atoms with E-state index in [9.17, 15) is 10.1 Å². The summed E-state index contributed by atoms with van der Waals surface area (Å²) in [6.07, 6.45) is 10.2. The summed E-state index contributed by atoms with van der Waals surface area (Å²) in [5.74, 6) is 2.56. The normalized spacial score (nSPS) is 54.9. The van der Waals surface area contributed by atoms with Gasteiger partial charge in [0.05, 0.1) is 12.7 Å². The number of hydrogen-bond donors (Lipinski definition) is 1. The van der Waals surface area contributed by atoms with Crippen molar-refractivity contribution in [3.63, 3.8) is 0 Å². The molecule has 0 aromatic carbocycles. The zero-order chi connectivity index (χ0) is 24.8. The summed E-state index contributed by atoms with van der Waals surface area (Å²) in [4.78, 5) is 16.8. The lowest BCUT2D eigenvalue weighted by Crippen LogP contribution is -2.55. The van der Waals surface area contributed by atoms with Gasteiger partial charge in [0, 0.05) is 19.3 Å². The lowest BCUT2D eigenvalue weighted by molar-refractivity contribution is -0.288. The van der Waals surface area contributed by atoms with Crippen LogP contribution in [-0.2, 0) is 23.9 Å². The first-order valence-electron chi connectivity index (χ1n) is 14.1. The van der Waals surface area contributed by atoms with E-state index in [-0.39, 0.29) is 40.9 Å². The highest BCUT2D eigenvalue weighted by Gasteiger charge is 2.69. The molecule has 6 heteroatoms. The highest BCUT2D eigenvalue weighted by Crippen LogP contribution is 2.71. The molecule has 0 aromatic heterocycles. The number of hydrogen-bond acceptors (Lipinski definition) is 6. The Morgan fingerprint density at radius 1 is 1.09 bits per heavy atom. The zero-order valence-electron chi connectivity index (χ0n) is 22.1. The van der Waals surface area contributed by atoms with Crippen LogP contribution >= 0.6 is 0 Å². The van der Waals surface area contributed by atoms with E-state index < -0.39 is 0 Å². The number of carbonyl (C=O) groups is 1. The summed E-state index contributed by atoms with van der Waals surface area (Å²) in [7, 11) is 0. The largest absolute Gasteiger partial charge is 0.458 e. The molecule has 0 amide bonds. The minimum Gasteiger partial charge on any atom is -0.458 e. The van der Waals surface area contributed by atoms with Gasteiger partial charge in [0.25, 0.3) is 0 Å². The molecular weight excluding hydrogens is 444 g/mol. The average Bonchev–Trinajstić information content (AvgIpc) is 3.26. The van der Waals surface area contributed by atoms with Crippen molar-refractivity contribution in [2.45, 2.75) is 110 Å². The molecule has 0 aromatic rings. The Morgan fingerprint density at radius 2 is 1.89 bits per heavy atom. The van der Waals surface area contributed by atoms with Gasteiger partial charge in [0.2, 0.25) is 0 Å². The van der Waals surface area contributed by atoms with Crippen LogP contribution in [0, 0.1) is 46.3 Å². The van der Waals surface area contributed by atoms with Crippen molar-refractivity contribution in [2.75, 3.05) is 6.61 Å². The first-order valence-corrected chi connectivity index (χ1v) is 14.1. The molecule has 5 fully saturated rings. The van der Waals surface area contributed by atoms with Gasteiger partial charge in [-0.2, -0.15) is 0 Å². The van der Waals surface area contributed by atoms with Crippen molar-refractivity contribution < 1.29 is 29.1 Å². The van der Waals surface area contributed by atoms with Crippen molar-refractivity contribution in [2.24, 2.45) is 46.3 Å². The van der Waals surface area contributed by atoms with Crippen LogP contribution < -0.4 is 0 Å². The van der Waals surface area contributed by atoms with Gasteiger partial charge in [-0.25, -0.2) is 4.89 Å². The first kappa shape index (κ1) is 24.4. The molecule has 1 spiro atoms. The van der Waals surface area contributed by atoms with Crippen LogP contribution in [0.4, 0.5) is 0 Å². The van der Waals surface area contributed by atoms with Crippen molar-refractivity contribution in [3.05, 3.63) is 11.6 Å². The van der Waals surface area contributed by atoms with Gasteiger partial charge in [0.15, 0.2) is 5.79 Å². The van der Waals surface area contributed by atoms with E-state index in [4.69, 9.17) is 19.1 Å². The van der Waals surface area contributed by atoms with E-state index in [0.29, 0.717) is 35.5 Å². The number of ether oxygens (including phenoxy) is 3. The van der Waals surface area contributed by atoms with Crippen molar-refractivity contribution in [3.8, 4) is 0 Å². The minimum atomic E-state index is -0.382. The Balaban J connectivity index is 1.28. The molecule has 2 saturated heterocycles. The number of fused-ring (bicyclic) bond motifs is 7. The molecule has 1 N–H and O–H groups in total. The number of rotatable bonds is 2. The molecule has 2 heterocycles. The summed E-state index contributed by atoms with van der Waals surface area (Å²) < 4.78 is 18.9. The third-order valence-electron chi connectivity index (χ3n) is 11.8. The Morgan fingerprint density at radius 3 is 2.57 bits per heavy atom. The molecule has 35 heavy (non-hydrogen) atoms. The topological polar surface area (TPSA) is 74.2 Å². The maximum atomic E-state index is 11.6. The maximum Gasteiger partial charge on any atom is 0.303 e. The van der Waals surface area contributed by atoms with E-state index in [0.717, 1.165) is 44.3 Å². The Hall–Kier alpha value is -0.950. The summed E-state index contributed by atoms with van der Waals surface area (Å²) >= 11 is 0. The zero-order valence-corrected chi connectivity index (χ0v) is 22.1. The van der Waals surface area contributed by atoms with Crippen molar-refractivity contribution in [1.29, 1.82) is 0 Å². The Kier molecular flexibility index (Phi) is 5.77. The van der Waals surface area contributed by atoms with E-state index in [1.807, 2.05) is 0 Å². The Bertz CT molecular complexity index is 892. The molecule has 0 radical (unpaired) electrons. The minimum absolute atomic E-state index is 0.0255. The van der Waals surface area contributed by atoms with Gasteiger partial charge in [-0.3, -0.25) is 10.1 Å². The molecule has 6 aliphatic rings. The van der Waals surface area contributed by atoms with Crippen molar-refractivity contribution in [1.82, 2.24) is 0 Å². The summed E-state index contributed by atoms with van der Waals surface area (Å²) in [6, 6.07) is 0. The molecule has 0 unspecified atom stereocenters. The highest BCUT2D eigenvalue weighted by molar-refractivity contribution is 5.66. The standard InChI is InChI=1S/C29H44O6/c1-16-6-11-29(32-15-16)17(2)26-25(34-29)14-22-20-13-24(35-31)23-12-19(33-18(3)30)7-9-27(23,4)21(20)8-10-28(22,26)5/h12,16-17,19-22,24-26,31H,6-11,13-15H2,1-5H3/t16-,17+,19+,20-,21+,22+,24-,25+,26+,27-,28+,29-/m1/s1. The lowest BCUT2D eigenvalue weighted by atomic mass is 9.45.